The summed E-state index contributed by atoms with van der Waals surface area (Å²) in [6, 6.07) is -1.08. The van der Waals surface area contributed by atoms with Gasteiger partial charge in [0.15, 0.2) is 0 Å². The van der Waals surface area contributed by atoms with Gasteiger partial charge >= 0.3 is 11.9 Å². The Hall–Kier alpha value is -1.38. The summed E-state index contributed by atoms with van der Waals surface area (Å²) in [5.41, 5.74) is 5.46. The van der Waals surface area contributed by atoms with Crippen LogP contribution in [0.3, 0.4) is 0 Å². The van der Waals surface area contributed by atoms with Crippen LogP contribution < -0.4 is 11.1 Å². The van der Waals surface area contributed by atoms with E-state index in [-0.39, 0.29) is 24.9 Å². The minimum Gasteiger partial charge on any atom is -0.469 e. The Morgan fingerprint density at radius 1 is 1.29 bits per heavy atom. The first-order chi connectivity index (χ1) is 9.51. The molecule has 1 saturated heterocycles. The molecule has 0 aliphatic carbocycles. The van der Waals surface area contributed by atoms with E-state index < -0.39 is 30.0 Å². The lowest BCUT2D eigenvalue weighted by Crippen LogP contribution is -2.47. The number of nitrogens with two attached hydrogens (primary N) is 1. The molecule has 0 bridgehead atoms. The number of esters is 2. The Morgan fingerprint density at radius 3 is 2.43 bits per heavy atom. The van der Waals surface area contributed by atoms with E-state index in [0.717, 1.165) is 0 Å². The van der Waals surface area contributed by atoms with Gasteiger partial charge in [-0.15, -0.1) is 12.4 Å². The summed E-state index contributed by atoms with van der Waals surface area (Å²) in [6.07, 6.45) is 0.118. The van der Waals surface area contributed by atoms with Crippen LogP contribution in [0.15, 0.2) is 0 Å². The van der Waals surface area contributed by atoms with Crippen molar-refractivity contribution < 1.29 is 28.6 Å². The third-order valence-electron chi connectivity index (χ3n) is 3.06. The van der Waals surface area contributed by atoms with Gasteiger partial charge in [0.1, 0.15) is 12.1 Å². The monoisotopic (exact) mass is 324 g/mol. The average Bonchev–Trinajstić information content (AvgIpc) is 2.94. The lowest BCUT2D eigenvalue weighted by molar-refractivity contribution is -0.151. The highest BCUT2D eigenvalue weighted by Gasteiger charge is 2.33. The van der Waals surface area contributed by atoms with Crippen LogP contribution in [0.5, 0.6) is 0 Å². The van der Waals surface area contributed by atoms with Crippen LogP contribution in [-0.4, -0.2) is 56.9 Å². The highest BCUT2D eigenvalue weighted by atomic mass is 35.5. The van der Waals surface area contributed by atoms with Crippen molar-refractivity contribution in [3.05, 3.63) is 0 Å². The molecule has 1 aliphatic heterocycles. The van der Waals surface area contributed by atoms with Gasteiger partial charge in [-0.05, 0) is 12.8 Å². The van der Waals surface area contributed by atoms with Crippen LogP contribution in [0.2, 0.25) is 0 Å². The number of carbonyl (C=O) groups excluding carboxylic acids is 3. The largest absolute Gasteiger partial charge is 0.469 e. The molecule has 9 heteroatoms. The van der Waals surface area contributed by atoms with E-state index >= 15 is 0 Å². The molecule has 0 aromatic heterocycles. The van der Waals surface area contributed by atoms with Crippen molar-refractivity contribution in [3.63, 3.8) is 0 Å². The molecule has 1 rings (SSSR count). The van der Waals surface area contributed by atoms with Crippen LogP contribution >= 0.6 is 12.4 Å². The number of halogens is 1. The third kappa shape index (κ3) is 5.86. The summed E-state index contributed by atoms with van der Waals surface area (Å²) in [5, 5.41) is 2.44. The van der Waals surface area contributed by atoms with Gasteiger partial charge in [-0.25, -0.2) is 4.79 Å². The molecule has 21 heavy (non-hydrogen) atoms. The van der Waals surface area contributed by atoms with Gasteiger partial charge in [-0.3, -0.25) is 9.59 Å². The van der Waals surface area contributed by atoms with Gasteiger partial charge in [-0.1, -0.05) is 0 Å². The number of carbonyl (C=O) groups is 3. The predicted molar refractivity (Wildman–Crippen MR) is 74.8 cm³/mol. The Labute approximate surface area is 129 Å². The second-order valence-electron chi connectivity index (χ2n) is 4.42. The fourth-order valence-electron chi connectivity index (χ4n) is 1.92. The minimum absolute atomic E-state index is 0. The molecule has 0 radical (unpaired) electrons. The quantitative estimate of drug-likeness (QED) is 0.610. The van der Waals surface area contributed by atoms with Gasteiger partial charge in [0, 0.05) is 6.54 Å². The topological polar surface area (TPSA) is 117 Å². The SMILES string of the molecule is COC(=O)CC(NC(=O)[C@@H]1CC[C@H](CN)O1)C(=O)OC.Cl. The van der Waals surface area contributed by atoms with E-state index in [0.29, 0.717) is 19.4 Å². The first-order valence-electron chi connectivity index (χ1n) is 6.32. The fourth-order valence-corrected chi connectivity index (χ4v) is 1.92. The summed E-state index contributed by atoms with van der Waals surface area (Å²) >= 11 is 0. The summed E-state index contributed by atoms with van der Waals surface area (Å²) in [4.78, 5) is 34.7. The molecule has 0 aromatic rings. The van der Waals surface area contributed by atoms with Gasteiger partial charge in [0.05, 0.1) is 26.7 Å². The number of nitrogens with one attached hydrogen (secondary N) is 1. The molecular weight excluding hydrogens is 304 g/mol. The van der Waals surface area contributed by atoms with Gasteiger partial charge in [0.25, 0.3) is 0 Å². The number of hydrogen-bond donors (Lipinski definition) is 2. The van der Waals surface area contributed by atoms with Crippen LogP contribution in [0.4, 0.5) is 0 Å². The smallest absolute Gasteiger partial charge is 0.328 e. The molecule has 1 unspecified atom stereocenters. The lowest BCUT2D eigenvalue weighted by Gasteiger charge is -2.18. The van der Waals surface area contributed by atoms with Crippen LogP contribution in [0.1, 0.15) is 19.3 Å². The van der Waals surface area contributed by atoms with Crippen LogP contribution in [0, 0.1) is 0 Å². The molecule has 3 atom stereocenters. The van der Waals surface area contributed by atoms with Gasteiger partial charge in [-0.2, -0.15) is 0 Å². The second-order valence-corrected chi connectivity index (χ2v) is 4.42. The van der Waals surface area contributed by atoms with Crippen molar-refractivity contribution in [2.24, 2.45) is 5.73 Å². The Bertz CT molecular complexity index is 379. The summed E-state index contributed by atoms with van der Waals surface area (Å²) in [7, 11) is 2.37. The highest BCUT2D eigenvalue weighted by Crippen LogP contribution is 2.19. The summed E-state index contributed by atoms with van der Waals surface area (Å²) < 4.78 is 14.4. The number of methoxy groups -OCH3 is 2. The van der Waals surface area contributed by atoms with Crippen LogP contribution in [-0.2, 0) is 28.6 Å². The zero-order valence-electron chi connectivity index (χ0n) is 12.0. The third-order valence-corrected chi connectivity index (χ3v) is 3.06. The molecule has 1 amide bonds. The van der Waals surface area contributed by atoms with Gasteiger partial charge in [0.2, 0.25) is 5.91 Å². The number of ether oxygens (including phenoxy) is 3. The fraction of sp³-hybridized carbons (Fsp3) is 0.750. The number of amides is 1. The van der Waals surface area contributed by atoms with Crippen LogP contribution in [0.25, 0.3) is 0 Å². The molecule has 0 saturated carbocycles. The predicted octanol–water partition coefficient (Wildman–Crippen LogP) is -0.865. The molecule has 0 spiro atoms. The van der Waals surface area contributed by atoms with E-state index in [2.05, 4.69) is 14.8 Å². The molecule has 122 valence electrons. The van der Waals surface area contributed by atoms with E-state index in [1.165, 1.54) is 14.2 Å². The van der Waals surface area contributed by atoms with Crippen molar-refractivity contribution in [1.82, 2.24) is 5.32 Å². The molecule has 1 heterocycles. The number of hydrogen-bond acceptors (Lipinski definition) is 7. The molecule has 1 fully saturated rings. The van der Waals surface area contributed by atoms with Crippen molar-refractivity contribution in [2.75, 3.05) is 20.8 Å². The van der Waals surface area contributed by atoms with E-state index in [9.17, 15) is 14.4 Å². The zero-order chi connectivity index (χ0) is 15.1. The van der Waals surface area contributed by atoms with Crippen molar-refractivity contribution in [2.45, 2.75) is 37.5 Å². The van der Waals surface area contributed by atoms with Gasteiger partial charge < -0.3 is 25.3 Å². The Balaban J connectivity index is 0.00000400. The van der Waals surface area contributed by atoms with Crippen molar-refractivity contribution >= 4 is 30.3 Å². The molecule has 1 aliphatic rings. The lowest BCUT2D eigenvalue weighted by atomic mass is 10.1. The minimum atomic E-state index is -1.08. The standard InChI is InChI=1S/C12H20N2O6.ClH/c1-18-10(15)5-8(12(17)19-2)14-11(16)9-4-3-7(6-13)20-9;/h7-9H,3-6,13H2,1-2H3,(H,14,16);1H/t7-,8?,9+;/m1./s1. The molecular formula is C12H21ClN2O6. The van der Waals surface area contributed by atoms with E-state index in [1.807, 2.05) is 0 Å². The normalized spacial score (nSPS) is 21.9. The molecule has 3 N–H and O–H groups in total. The maximum Gasteiger partial charge on any atom is 0.328 e. The van der Waals surface area contributed by atoms with Crippen molar-refractivity contribution in [1.29, 1.82) is 0 Å². The van der Waals surface area contributed by atoms with E-state index in [1.54, 1.807) is 0 Å². The first-order valence-corrected chi connectivity index (χ1v) is 6.32. The second kappa shape index (κ2) is 9.54. The highest BCUT2D eigenvalue weighted by molar-refractivity contribution is 5.89. The Kier molecular flexibility index (Phi) is 8.91. The summed E-state index contributed by atoms with van der Waals surface area (Å²) in [6.45, 7) is 0.340. The van der Waals surface area contributed by atoms with Crippen molar-refractivity contribution in [3.8, 4) is 0 Å². The Morgan fingerprint density at radius 2 is 1.95 bits per heavy atom. The van der Waals surface area contributed by atoms with E-state index in [4.69, 9.17) is 10.5 Å². The first kappa shape index (κ1) is 19.6. The summed E-state index contributed by atoms with van der Waals surface area (Å²) in [5.74, 6) is -1.79. The maximum atomic E-state index is 12.0. The molecule has 0 aromatic carbocycles. The maximum absolute atomic E-state index is 12.0. The zero-order valence-corrected chi connectivity index (χ0v) is 12.8. The average molecular weight is 325 g/mol. The molecule has 8 nitrogen and oxygen atoms in total. The number of rotatable bonds is 6.